The summed E-state index contributed by atoms with van der Waals surface area (Å²) in [4.78, 5) is 7.47. The third-order valence-corrected chi connectivity index (χ3v) is 4.24. The van der Waals surface area contributed by atoms with Crippen molar-refractivity contribution in [3.8, 4) is 0 Å². The lowest BCUT2D eigenvalue weighted by Gasteiger charge is -2.31. The van der Waals surface area contributed by atoms with Crippen molar-refractivity contribution in [1.82, 2.24) is 9.88 Å². The number of hydrogen-bond donors (Lipinski definition) is 1. The van der Waals surface area contributed by atoms with E-state index in [1.165, 1.54) is 0 Å². The van der Waals surface area contributed by atoms with Gasteiger partial charge in [-0.25, -0.2) is 4.98 Å². The zero-order valence-corrected chi connectivity index (χ0v) is 13.3. The van der Waals surface area contributed by atoms with E-state index in [0.29, 0.717) is 11.6 Å². The van der Waals surface area contributed by atoms with Gasteiger partial charge in [-0.05, 0) is 0 Å². The number of ether oxygens (including phenoxy) is 1. The fourth-order valence-electron chi connectivity index (χ4n) is 1.94. The van der Waals surface area contributed by atoms with Crippen molar-refractivity contribution in [3.05, 3.63) is 16.1 Å². The Morgan fingerprint density at radius 3 is 2.95 bits per heavy atom. The van der Waals surface area contributed by atoms with Crippen molar-refractivity contribution in [1.29, 1.82) is 0 Å². The number of nitrogens with two attached hydrogens (primary N) is 1. The number of thiocarbonyl (C=S) groups is 1. The highest BCUT2D eigenvalue weighted by Gasteiger charge is 2.24. The van der Waals surface area contributed by atoms with Gasteiger partial charge in [-0.1, -0.05) is 33.0 Å². The van der Waals surface area contributed by atoms with Crippen LogP contribution in [0.5, 0.6) is 0 Å². The quantitative estimate of drug-likeness (QED) is 0.864. The van der Waals surface area contributed by atoms with Gasteiger partial charge in [-0.3, -0.25) is 4.90 Å². The number of hydrogen-bond acceptors (Lipinski definition) is 5. The third kappa shape index (κ3) is 3.95. The molecule has 0 radical (unpaired) electrons. The van der Waals surface area contributed by atoms with Crippen LogP contribution in [0.25, 0.3) is 0 Å². The molecule has 0 saturated carbocycles. The molecule has 0 spiro atoms. The van der Waals surface area contributed by atoms with E-state index in [-0.39, 0.29) is 11.5 Å². The molecule has 4 nitrogen and oxygen atoms in total. The molecule has 1 saturated heterocycles. The number of aromatic nitrogens is 1. The summed E-state index contributed by atoms with van der Waals surface area (Å²) in [6.07, 6.45) is -0.120. The maximum absolute atomic E-state index is 5.65. The number of nitrogens with zero attached hydrogens (tertiary/aromatic N) is 2. The van der Waals surface area contributed by atoms with E-state index in [2.05, 4.69) is 31.1 Å². The Morgan fingerprint density at radius 1 is 1.63 bits per heavy atom. The highest BCUT2D eigenvalue weighted by atomic mass is 32.1. The predicted molar refractivity (Wildman–Crippen MR) is 82.6 cm³/mol. The molecule has 0 amide bonds. The first-order chi connectivity index (χ1) is 8.86. The molecule has 1 unspecified atom stereocenters. The van der Waals surface area contributed by atoms with Crippen LogP contribution in [0.4, 0.5) is 0 Å². The zero-order valence-electron chi connectivity index (χ0n) is 11.7. The summed E-state index contributed by atoms with van der Waals surface area (Å²) < 4.78 is 5.54. The second-order valence-electron chi connectivity index (χ2n) is 5.87. The van der Waals surface area contributed by atoms with E-state index in [9.17, 15) is 0 Å². The van der Waals surface area contributed by atoms with Gasteiger partial charge in [-0.15, -0.1) is 11.3 Å². The van der Waals surface area contributed by atoms with Gasteiger partial charge in [0.25, 0.3) is 0 Å². The highest BCUT2D eigenvalue weighted by Crippen LogP contribution is 2.24. The fraction of sp³-hybridized carbons (Fsp3) is 0.692. The summed E-state index contributed by atoms with van der Waals surface area (Å²) in [7, 11) is 0. The zero-order chi connectivity index (χ0) is 14.0. The number of morpholine rings is 1. The van der Waals surface area contributed by atoms with Gasteiger partial charge in [0, 0.05) is 23.9 Å². The minimum atomic E-state index is -0.120. The molecule has 0 aromatic carbocycles. The van der Waals surface area contributed by atoms with Crippen LogP contribution in [-0.4, -0.2) is 40.7 Å². The lowest BCUT2D eigenvalue weighted by Crippen LogP contribution is -2.47. The molecule has 1 atom stereocenters. The topological polar surface area (TPSA) is 51.4 Å². The van der Waals surface area contributed by atoms with E-state index >= 15 is 0 Å². The van der Waals surface area contributed by atoms with Crippen molar-refractivity contribution in [2.45, 2.75) is 38.8 Å². The molecular weight excluding hydrogens is 278 g/mol. The molecule has 1 aromatic rings. The van der Waals surface area contributed by atoms with Crippen molar-refractivity contribution in [2.75, 3.05) is 19.7 Å². The highest BCUT2D eigenvalue weighted by molar-refractivity contribution is 7.80. The van der Waals surface area contributed by atoms with Crippen molar-refractivity contribution < 1.29 is 4.74 Å². The molecule has 2 heterocycles. The van der Waals surface area contributed by atoms with E-state index in [1.807, 2.05) is 0 Å². The summed E-state index contributed by atoms with van der Waals surface area (Å²) in [5, 5.41) is 3.30. The Bertz CT molecular complexity index is 453. The molecule has 1 aromatic heterocycles. The summed E-state index contributed by atoms with van der Waals surface area (Å²) in [6, 6.07) is 0. The molecule has 1 aliphatic heterocycles. The first-order valence-corrected chi connectivity index (χ1v) is 7.73. The SMILES string of the molecule is CC(C)(C)c1csc(CN2CCOC(C(N)=S)C2)n1. The van der Waals surface area contributed by atoms with Gasteiger partial charge < -0.3 is 10.5 Å². The lowest BCUT2D eigenvalue weighted by atomic mass is 9.93. The van der Waals surface area contributed by atoms with Gasteiger partial charge in [0.15, 0.2) is 0 Å². The molecule has 19 heavy (non-hydrogen) atoms. The van der Waals surface area contributed by atoms with E-state index < -0.39 is 0 Å². The normalized spacial score (nSPS) is 21.5. The molecular formula is C13H21N3OS2. The molecule has 2 N–H and O–H groups in total. The van der Waals surface area contributed by atoms with Crippen LogP contribution in [-0.2, 0) is 16.7 Å². The first kappa shape index (κ1) is 14.8. The van der Waals surface area contributed by atoms with Crippen molar-refractivity contribution in [2.24, 2.45) is 5.73 Å². The van der Waals surface area contributed by atoms with Crippen LogP contribution in [0.2, 0.25) is 0 Å². The number of thiazole rings is 1. The minimum Gasteiger partial charge on any atom is -0.391 e. The maximum atomic E-state index is 5.65. The Hall–Kier alpha value is -0.560. The van der Waals surface area contributed by atoms with Crippen LogP contribution in [0, 0.1) is 0 Å². The molecule has 2 rings (SSSR count). The molecule has 0 bridgehead atoms. The smallest absolute Gasteiger partial charge is 0.120 e. The Labute approximate surface area is 124 Å². The van der Waals surface area contributed by atoms with Gasteiger partial charge in [-0.2, -0.15) is 0 Å². The van der Waals surface area contributed by atoms with Crippen molar-refractivity contribution in [3.63, 3.8) is 0 Å². The van der Waals surface area contributed by atoms with Crippen molar-refractivity contribution >= 4 is 28.5 Å². The maximum Gasteiger partial charge on any atom is 0.120 e. The second kappa shape index (κ2) is 5.83. The molecule has 106 valence electrons. The molecule has 1 fully saturated rings. The minimum absolute atomic E-state index is 0.112. The van der Waals surface area contributed by atoms with Crippen LogP contribution in [0.3, 0.4) is 0 Å². The standard InChI is InChI=1S/C13H21N3OS2/c1-13(2,3)10-8-19-11(15-10)7-16-4-5-17-9(6-16)12(14)18/h8-9H,4-7H2,1-3H3,(H2,14,18). The summed E-state index contributed by atoms with van der Waals surface area (Å²) in [5.41, 5.74) is 6.92. The monoisotopic (exact) mass is 299 g/mol. The van der Waals surface area contributed by atoms with Gasteiger partial charge >= 0.3 is 0 Å². The Kier molecular flexibility index (Phi) is 4.55. The Morgan fingerprint density at radius 2 is 2.37 bits per heavy atom. The van der Waals surface area contributed by atoms with Gasteiger partial charge in [0.2, 0.25) is 0 Å². The lowest BCUT2D eigenvalue weighted by molar-refractivity contribution is 0.00386. The summed E-state index contributed by atoms with van der Waals surface area (Å²) in [6.45, 7) is 9.75. The van der Waals surface area contributed by atoms with Gasteiger partial charge in [0.05, 0.1) is 18.8 Å². The third-order valence-electron chi connectivity index (χ3n) is 3.15. The predicted octanol–water partition coefficient (Wildman–Crippen LogP) is 1.93. The van der Waals surface area contributed by atoms with Crippen LogP contribution in [0.15, 0.2) is 5.38 Å². The second-order valence-corrected chi connectivity index (χ2v) is 7.29. The molecule has 6 heteroatoms. The molecule has 1 aliphatic rings. The summed E-state index contributed by atoms with van der Waals surface area (Å²) in [5.74, 6) is 0. The first-order valence-electron chi connectivity index (χ1n) is 6.44. The van der Waals surface area contributed by atoms with E-state index in [1.54, 1.807) is 11.3 Å². The van der Waals surface area contributed by atoms with Gasteiger partial charge in [0.1, 0.15) is 16.1 Å². The largest absolute Gasteiger partial charge is 0.391 e. The van der Waals surface area contributed by atoms with Crippen LogP contribution >= 0.6 is 23.6 Å². The molecule has 0 aliphatic carbocycles. The van der Waals surface area contributed by atoms with Crippen LogP contribution in [0.1, 0.15) is 31.5 Å². The fourth-order valence-corrected chi connectivity index (χ4v) is 3.14. The average molecular weight is 299 g/mol. The van der Waals surface area contributed by atoms with Crippen LogP contribution < -0.4 is 5.73 Å². The van der Waals surface area contributed by atoms with E-state index in [4.69, 9.17) is 27.7 Å². The number of rotatable bonds is 3. The van der Waals surface area contributed by atoms with E-state index in [0.717, 1.165) is 30.3 Å². The summed E-state index contributed by atoms with van der Waals surface area (Å²) >= 11 is 6.72. The Balaban J connectivity index is 1.97. The average Bonchev–Trinajstić information content (AvgIpc) is 2.77.